The molecule has 106 valence electrons. The zero-order valence-corrected chi connectivity index (χ0v) is 12.0. The summed E-state index contributed by atoms with van der Waals surface area (Å²) in [6, 6.07) is 4.32. The number of rotatable bonds is 8. The Hall–Kier alpha value is -1.38. The van der Waals surface area contributed by atoms with Crippen LogP contribution in [0.25, 0.3) is 0 Å². The predicted molar refractivity (Wildman–Crippen MR) is 75.2 cm³/mol. The molecule has 19 heavy (non-hydrogen) atoms. The molecular formula is C16H23FO2. The molecule has 0 N–H and O–H groups in total. The quantitative estimate of drug-likeness (QED) is 0.641. The zero-order valence-electron chi connectivity index (χ0n) is 12.0. The van der Waals surface area contributed by atoms with Crippen molar-refractivity contribution >= 4 is 5.78 Å². The normalized spacial score (nSPS) is 12.2. The second-order valence-corrected chi connectivity index (χ2v) is 4.89. The summed E-state index contributed by atoms with van der Waals surface area (Å²) in [5.41, 5.74) is 0.535. The molecule has 1 aromatic carbocycles. The van der Waals surface area contributed by atoms with Gasteiger partial charge in [0.05, 0.1) is 7.11 Å². The standard InChI is InChI=1S/C16H23FO2/c1-4-6-7-12(5-2)10-15(18)13-8-9-14(17)16(11-13)19-3/h8-9,11-12H,4-7,10H2,1-3H3. The number of hydrogen-bond acceptors (Lipinski definition) is 2. The first-order chi connectivity index (χ1) is 9.12. The minimum Gasteiger partial charge on any atom is -0.494 e. The first kappa shape index (κ1) is 15.7. The van der Waals surface area contributed by atoms with Gasteiger partial charge in [-0.2, -0.15) is 0 Å². The van der Waals surface area contributed by atoms with E-state index in [2.05, 4.69) is 13.8 Å². The van der Waals surface area contributed by atoms with Gasteiger partial charge in [-0.05, 0) is 24.1 Å². The van der Waals surface area contributed by atoms with E-state index in [4.69, 9.17) is 4.74 Å². The minimum absolute atomic E-state index is 0.0706. The highest BCUT2D eigenvalue weighted by atomic mass is 19.1. The van der Waals surface area contributed by atoms with Crippen molar-refractivity contribution < 1.29 is 13.9 Å². The van der Waals surface area contributed by atoms with E-state index in [0.29, 0.717) is 17.9 Å². The molecule has 2 nitrogen and oxygen atoms in total. The van der Waals surface area contributed by atoms with Crippen LogP contribution in [-0.4, -0.2) is 12.9 Å². The fourth-order valence-corrected chi connectivity index (χ4v) is 2.16. The highest BCUT2D eigenvalue weighted by Gasteiger charge is 2.15. The van der Waals surface area contributed by atoms with Crippen molar-refractivity contribution in [3.05, 3.63) is 29.6 Å². The van der Waals surface area contributed by atoms with Gasteiger partial charge in [-0.25, -0.2) is 4.39 Å². The Bertz CT molecular complexity index is 415. The van der Waals surface area contributed by atoms with Gasteiger partial charge in [-0.3, -0.25) is 4.79 Å². The first-order valence-electron chi connectivity index (χ1n) is 6.99. The maximum Gasteiger partial charge on any atom is 0.165 e. The molecule has 0 saturated carbocycles. The van der Waals surface area contributed by atoms with Crippen LogP contribution in [0.15, 0.2) is 18.2 Å². The summed E-state index contributed by atoms with van der Waals surface area (Å²) in [5, 5.41) is 0. The van der Waals surface area contributed by atoms with E-state index in [-0.39, 0.29) is 11.5 Å². The number of halogens is 1. The van der Waals surface area contributed by atoms with Gasteiger partial charge in [0, 0.05) is 12.0 Å². The van der Waals surface area contributed by atoms with Crippen LogP contribution in [0.5, 0.6) is 5.75 Å². The molecule has 0 saturated heterocycles. The fraction of sp³-hybridized carbons (Fsp3) is 0.562. The van der Waals surface area contributed by atoms with Gasteiger partial charge in [0.1, 0.15) is 0 Å². The van der Waals surface area contributed by atoms with Gasteiger partial charge in [-0.15, -0.1) is 0 Å². The molecule has 0 spiro atoms. The highest BCUT2D eigenvalue weighted by molar-refractivity contribution is 5.96. The van der Waals surface area contributed by atoms with E-state index in [1.807, 2.05) is 0 Å². The van der Waals surface area contributed by atoms with Crippen LogP contribution in [0, 0.1) is 11.7 Å². The number of methoxy groups -OCH3 is 1. The third kappa shape index (κ3) is 4.66. The van der Waals surface area contributed by atoms with Crippen LogP contribution in [0.1, 0.15) is 56.3 Å². The Kier molecular flexibility index (Phi) is 6.54. The van der Waals surface area contributed by atoms with Crippen molar-refractivity contribution in [1.82, 2.24) is 0 Å². The van der Waals surface area contributed by atoms with E-state index >= 15 is 0 Å². The van der Waals surface area contributed by atoms with Crippen LogP contribution in [0.3, 0.4) is 0 Å². The van der Waals surface area contributed by atoms with Gasteiger partial charge < -0.3 is 4.74 Å². The maximum absolute atomic E-state index is 13.3. The van der Waals surface area contributed by atoms with Gasteiger partial charge in [0.2, 0.25) is 0 Å². The molecular weight excluding hydrogens is 243 g/mol. The number of carbonyl (C=O) groups excluding carboxylic acids is 1. The summed E-state index contributed by atoms with van der Waals surface area (Å²) < 4.78 is 18.2. The molecule has 0 bridgehead atoms. The largest absolute Gasteiger partial charge is 0.494 e. The van der Waals surface area contributed by atoms with Crippen molar-refractivity contribution in [3.63, 3.8) is 0 Å². The van der Waals surface area contributed by atoms with Crippen molar-refractivity contribution in [2.24, 2.45) is 5.92 Å². The van der Waals surface area contributed by atoms with Crippen LogP contribution >= 0.6 is 0 Å². The average Bonchev–Trinajstić information content (AvgIpc) is 2.43. The third-order valence-corrected chi connectivity index (χ3v) is 3.49. The lowest BCUT2D eigenvalue weighted by Gasteiger charge is -2.13. The molecule has 0 aromatic heterocycles. The Morgan fingerprint density at radius 3 is 2.68 bits per heavy atom. The van der Waals surface area contributed by atoms with Gasteiger partial charge in [-0.1, -0.05) is 39.5 Å². The predicted octanol–water partition coefficient (Wildman–Crippen LogP) is 4.62. The van der Waals surface area contributed by atoms with E-state index in [1.54, 1.807) is 0 Å². The highest BCUT2D eigenvalue weighted by Crippen LogP contribution is 2.23. The van der Waals surface area contributed by atoms with Crippen LogP contribution in [0.2, 0.25) is 0 Å². The lowest BCUT2D eigenvalue weighted by molar-refractivity contribution is 0.0956. The van der Waals surface area contributed by atoms with Crippen LogP contribution < -0.4 is 4.74 Å². The molecule has 1 rings (SSSR count). The topological polar surface area (TPSA) is 26.3 Å². The Labute approximate surface area is 115 Å². The van der Waals surface area contributed by atoms with Gasteiger partial charge in [0.15, 0.2) is 17.3 Å². The van der Waals surface area contributed by atoms with Crippen molar-refractivity contribution in [2.45, 2.75) is 46.0 Å². The lowest BCUT2D eigenvalue weighted by atomic mass is 9.91. The average molecular weight is 266 g/mol. The number of hydrogen-bond donors (Lipinski definition) is 0. The summed E-state index contributed by atoms with van der Waals surface area (Å²) >= 11 is 0. The fourth-order valence-electron chi connectivity index (χ4n) is 2.16. The lowest BCUT2D eigenvalue weighted by Crippen LogP contribution is -2.09. The Balaban J connectivity index is 2.71. The van der Waals surface area contributed by atoms with E-state index in [9.17, 15) is 9.18 Å². The summed E-state index contributed by atoms with van der Waals surface area (Å²) in [4.78, 5) is 12.2. The Morgan fingerprint density at radius 2 is 2.11 bits per heavy atom. The summed E-state index contributed by atoms with van der Waals surface area (Å²) in [5.74, 6) is 0.189. The molecule has 1 unspecified atom stereocenters. The van der Waals surface area contributed by atoms with Crippen LogP contribution in [-0.2, 0) is 0 Å². The number of Topliss-reactive ketones (excluding diaryl/α,β-unsaturated/α-hetero) is 1. The van der Waals surface area contributed by atoms with E-state index in [0.717, 1.165) is 25.7 Å². The second-order valence-electron chi connectivity index (χ2n) is 4.89. The number of ether oxygens (including phenoxy) is 1. The molecule has 1 aromatic rings. The van der Waals surface area contributed by atoms with Crippen molar-refractivity contribution in [3.8, 4) is 5.75 Å². The van der Waals surface area contributed by atoms with Gasteiger partial charge in [0.25, 0.3) is 0 Å². The molecule has 0 radical (unpaired) electrons. The molecule has 0 aliphatic rings. The summed E-state index contributed by atoms with van der Waals surface area (Å²) in [6.45, 7) is 4.26. The molecule has 0 aliphatic carbocycles. The second kappa shape index (κ2) is 7.93. The van der Waals surface area contributed by atoms with Crippen molar-refractivity contribution in [1.29, 1.82) is 0 Å². The number of unbranched alkanes of at least 4 members (excludes halogenated alkanes) is 1. The first-order valence-corrected chi connectivity index (χ1v) is 6.99. The molecule has 0 aliphatic heterocycles. The molecule has 0 amide bonds. The third-order valence-electron chi connectivity index (χ3n) is 3.49. The van der Waals surface area contributed by atoms with Gasteiger partial charge >= 0.3 is 0 Å². The molecule has 1 atom stereocenters. The molecule has 0 heterocycles. The van der Waals surface area contributed by atoms with E-state index in [1.165, 1.54) is 25.3 Å². The molecule has 3 heteroatoms. The Morgan fingerprint density at radius 1 is 1.37 bits per heavy atom. The smallest absolute Gasteiger partial charge is 0.165 e. The minimum atomic E-state index is -0.433. The summed E-state index contributed by atoms with van der Waals surface area (Å²) in [7, 11) is 1.41. The number of benzene rings is 1. The molecule has 0 fully saturated rings. The maximum atomic E-state index is 13.3. The summed E-state index contributed by atoms with van der Waals surface area (Å²) in [6.07, 6.45) is 4.92. The van der Waals surface area contributed by atoms with Crippen LogP contribution in [0.4, 0.5) is 4.39 Å². The zero-order chi connectivity index (χ0) is 14.3. The number of ketones is 1. The SMILES string of the molecule is CCCCC(CC)CC(=O)c1ccc(F)c(OC)c1. The monoisotopic (exact) mass is 266 g/mol. The number of carbonyl (C=O) groups is 1. The van der Waals surface area contributed by atoms with Crippen molar-refractivity contribution in [2.75, 3.05) is 7.11 Å². The van der Waals surface area contributed by atoms with E-state index < -0.39 is 5.82 Å².